The molecule has 1 aliphatic rings. The molecule has 1 aromatic heterocycles. The van der Waals surface area contributed by atoms with Crippen LogP contribution in [0.5, 0.6) is 0 Å². The second-order valence-electron chi connectivity index (χ2n) is 4.57. The van der Waals surface area contributed by atoms with Gasteiger partial charge in [-0.15, -0.1) is 0 Å². The highest BCUT2D eigenvalue weighted by molar-refractivity contribution is 6.29. The Bertz CT molecular complexity index is 375. The number of halogens is 1. The van der Waals surface area contributed by atoms with Gasteiger partial charge in [-0.1, -0.05) is 11.6 Å². The van der Waals surface area contributed by atoms with E-state index < -0.39 is 0 Å². The van der Waals surface area contributed by atoms with Crippen LogP contribution in [0.4, 0.5) is 11.5 Å². The summed E-state index contributed by atoms with van der Waals surface area (Å²) in [6.07, 6.45) is 0. The normalized spacial score (nSPS) is 18.6. The third-order valence-corrected chi connectivity index (χ3v) is 3.04. The molecule has 1 saturated heterocycles. The standard InChI is InChI=1S/C12H19ClN4O/c1-9(8-17-2-4-18-5-3-17)15-12-7-10(14)6-11(13)16-12/h6-7,9H,2-5,8H2,1H3,(H3,14,15,16). The Kier molecular flexibility index (Phi) is 4.63. The number of hydrogen-bond acceptors (Lipinski definition) is 5. The van der Waals surface area contributed by atoms with Crippen LogP contribution in [0.3, 0.4) is 0 Å². The van der Waals surface area contributed by atoms with Gasteiger partial charge in [-0.2, -0.15) is 0 Å². The summed E-state index contributed by atoms with van der Waals surface area (Å²) < 4.78 is 5.32. The van der Waals surface area contributed by atoms with Crippen LogP contribution in [-0.4, -0.2) is 48.8 Å². The number of nitrogen functional groups attached to an aromatic ring is 1. The maximum atomic E-state index is 5.87. The van der Waals surface area contributed by atoms with Crippen LogP contribution in [0.15, 0.2) is 12.1 Å². The molecule has 2 heterocycles. The molecule has 18 heavy (non-hydrogen) atoms. The molecule has 0 saturated carbocycles. The average molecular weight is 271 g/mol. The predicted molar refractivity (Wildman–Crippen MR) is 74.0 cm³/mol. The van der Waals surface area contributed by atoms with Gasteiger partial charge in [0, 0.05) is 37.4 Å². The first-order valence-electron chi connectivity index (χ1n) is 6.13. The minimum absolute atomic E-state index is 0.286. The van der Waals surface area contributed by atoms with E-state index in [9.17, 15) is 0 Å². The fourth-order valence-electron chi connectivity index (χ4n) is 2.06. The van der Waals surface area contributed by atoms with E-state index >= 15 is 0 Å². The summed E-state index contributed by atoms with van der Waals surface area (Å²) in [6, 6.07) is 3.72. The van der Waals surface area contributed by atoms with Gasteiger partial charge in [0.15, 0.2) is 0 Å². The van der Waals surface area contributed by atoms with Crippen molar-refractivity contribution >= 4 is 23.1 Å². The van der Waals surface area contributed by atoms with Gasteiger partial charge in [-0.05, 0) is 13.0 Å². The van der Waals surface area contributed by atoms with E-state index in [0.717, 1.165) is 38.7 Å². The Morgan fingerprint density at radius 2 is 2.22 bits per heavy atom. The number of pyridine rings is 1. The Labute approximate surface area is 112 Å². The molecule has 0 aliphatic carbocycles. The molecule has 0 amide bonds. The molecule has 6 heteroatoms. The number of nitrogens with one attached hydrogen (secondary N) is 1. The lowest BCUT2D eigenvalue weighted by Crippen LogP contribution is -2.42. The molecular weight excluding hydrogens is 252 g/mol. The topological polar surface area (TPSA) is 63.4 Å². The summed E-state index contributed by atoms with van der Waals surface area (Å²) in [7, 11) is 0. The van der Waals surface area contributed by atoms with Crippen LogP contribution >= 0.6 is 11.6 Å². The highest BCUT2D eigenvalue weighted by Gasteiger charge is 2.14. The van der Waals surface area contributed by atoms with E-state index in [0.29, 0.717) is 10.8 Å². The second-order valence-corrected chi connectivity index (χ2v) is 4.95. The summed E-state index contributed by atoms with van der Waals surface area (Å²) in [5, 5.41) is 3.73. The van der Waals surface area contributed by atoms with Crippen LogP contribution < -0.4 is 11.1 Å². The van der Waals surface area contributed by atoms with Crippen molar-refractivity contribution in [2.75, 3.05) is 43.9 Å². The monoisotopic (exact) mass is 270 g/mol. The van der Waals surface area contributed by atoms with E-state index in [2.05, 4.69) is 22.1 Å². The molecule has 1 atom stereocenters. The van der Waals surface area contributed by atoms with Gasteiger partial charge < -0.3 is 15.8 Å². The van der Waals surface area contributed by atoms with Crippen molar-refractivity contribution in [2.24, 2.45) is 0 Å². The third kappa shape index (κ3) is 4.01. The fraction of sp³-hybridized carbons (Fsp3) is 0.583. The van der Waals surface area contributed by atoms with Crippen molar-refractivity contribution in [2.45, 2.75) is 13.0 Å². The molecule has 0 radical (unpaired) electrons. The molecule has 0 bridgehead atoms. The molecule has 1 unspecified atom stereocenters. The summed E-state index contributed by atoms with van der Waals surface area (Å²) >= 11 is 5.87. The van der Waals surface area contributed by atoms with Crippen molar-refractivity contribution < 1.29 is 4.74 Å². The van der Waals surface area contributed by atoms with Gasteiger partial charge in [0.05, 0.1) is 13.2 Å². The van der Waals surface area contributed by atoms with Gasteiger partial charge in [0.1, 0.15) is 11.0 Å². The van der Waals surface area contributed by atoms with E-state index in [1.54, 1.807) is 12.1 Å². The van der Waals surface area contributed by atoms with Crippen LogP contribution in [0.1, 0.15) is 6.92 Å². The van der Waals surface area contributed by atoms with Gasteiger partial charge >= 0.3 is 0 Å². The largest absolute Gasteiger partial charge is 0.399 e. The minimum atomic E-state index is 0.286. The molecule has 1 fully saturated rings. The number of hydrogen-bond donors (Lipinski definition) is 2. The molecular formula is C12H19ClN4O. The van der Waals surface area contributed by atoms with E-state index in [1.807, 2.05) is 0 Å². The summed E-state index contributed by atoms with van der Waals surface area (Å²) in [5.74, 6) is 0.723. The van der Waals surface area contributed by atoms with Crippen LogP contribution in [0.2, 0.25) is 5.15 Å². The Balaban J connectivity index is 1.87. The molecule has 1 aromatic rings. The molecule has 0 spiro atoms. The van der Waals surface area contributed by atoms with Crippen molar-refractivity contribution in [1.29, 1.82) is 0 Å². The maximum absolute atomic E-state index is 5.87. The first kappa shape index (κ1) is 13.4. The van der Waals surface area contributed by atoms with E-state index in [4.69, 9.17) is 22.1 Å². The van der Waals surface area contributed by atoms with Crippen molar-refractivity contribution in [3.8, 4) is 0 Å². The van der Waals surface area contributed by atoms with Crippen LogP contribution in [0, 0.1) is 0 Å². The molecule has 100 valence electrons. The van der Waals surface area contributed by atoms with Crippen LogP contribution in [0.25, 0.3) is 0 Å². The van der Waals surface area contributed by atoms with Gasteiger partial charge in [0.2, 0.25) is 0 Å². The van der Waals surface area contributed by atoms with Gasteiger partial charge in [-0.3, -0.25) is 4.90 Å². The highest BCUT2D eigenvalue weighted by atomic mass is 35.5. The number of anilines is 2. The number of morpholine rings is 1. The Morgan fingerprint density at radius 3 is 2.89 bits per heavy atom. The molecule has 0 aromatic carbocycles. The first-order valence-corrected chi connectivity index (χ1v) is 6.51. The lowest BCUT2D eigenvalue weighted by Gasteiger charge is -2.29. The predicted octanol–water partition coefficient (Wildman–Crippen LogP) is 1.45. The SMILES string of the molecule is CC(CN1CCOCC1)Nc1cc(N)cc(Cl)n1. The lowest BCUT2D eigenvalue weighted by molar-refractivity contribution is 0.0368. The zero-order chi connectivity index (χ0) is 13.0. The number of aromatic nitrogens is 1. The number of rotatable bonds is 4. The van der Waals surface area contributed by atoms with E-state index in [1.165, 1.54) is 0 Å². The highest BCUT2D eigenvalue weighted by Crippen LogP contribution is 2.16. The molecule has 2 rings (SSSR count). The number of nitrogens with zero attached hydrogens (tertiary/aromatic N) is 2. The Hall–Kier alpha value is -1.04. The zero-order valence-electron chi connectivity index (χ0n) is 10.5. The number of ether oxygens (including phenoxy) is 1. The molecule has 5 nitrogen and oxygen atoms in total. The van der Waals surface area contributed by atoms with E-state index in [-0.39, 0.29) is 6.04 Å². The van der Waals surface area contributed by atoms with Crippen molar-refractivity contribution in [3.63, 3.8) is 0 Å². The summed E-state index contributed by atoms with van der Waals surface area (Å²) in [5.41, 5.74) is 6.35. The summed E-state index contributed by atoms with van der Waals surface area (Å²) in [4.78, 5) is 6.57. The minimum Gasteiger partial charge on any atom is -0.399 e. The average Bonchev–Trinajstić information content (AvgIpc) is 2.28. The Morgan fingerprint density at radius 1 is 1.50 bits per heavy atom. The quantitative estimate of drug-likeness (QED) is 0.811. The first-order chi connectivity index (χ1) is 8.63. The number of nitrogens with two attached hydrogens (primary N) is 1. The fourth-order valence-corrected chi connectivity index (χ4v) is 2.28. The zero-order valence-corrected chi connectivity index (χ0v) is 11.3. The van der Waals surface area contributed by atoms with Crippen LogP contribution in [-0.2, 0) is 4.74 Å². The second kappa shape index (κ2) is 6.22. The van der Waals surface area contributed by atoms with Gasteiger partial charge in [-0.25, -0.2) is 4.98 Å². The molecule has 3 N–H and O–H groups in total. The lowest BCUT2D eigenvalue weighted by atomic mass is 10.2. The summed E-state index contributed by atoms with van der Waals surface area (Å²) in [6.45, 7) is 6.67. The molecule has 1 aliphatic heterocycles. The maximum Gasteiger partial charge on any atom is 0.133 e. The third-order valence-electron chi connectivity index (χ3n) is 2.85. The van der Waals surface area contributed by atoms with Crippen molar-refractivity contribution in [1.82, 2.24) is 9.88 Å². The smallest absolute Gasteiger partial charge is 0.133 e. The van der Waals surface area contributed by atoms with Gasteiger partial charge in [0.25, 0.3) is 0 Å². The van der Waals surface area contributed by atoms with Crippen molar-refractivity contribution in [3.05, 3.63) is 17.3 Å².